The lowest BCUT2D eigenvalue weighted by molar-refractivity contribution is -0.129. The van der Waals surface area contributed by atoms with Crippen molar-refractivity contribution in [2.75, 3.05) is 6.54 Å². The van der Waals surface area contributed by atoms with Crippen LogP contribution in [0, 0.1) is 0 Å². The number of piperidine rings is 1. The quantitative estimate of drug-likeness (QED) is 0.532. The van der Waals surface area contributed by atoms with E-state index in [1.165, 1.54) is 6.92 Å². The van der Waals surface area contributed by atoms with Gasteiger partial charge in [0.2, 0.25) is 11.8 Å². The zero-order chi connectivity index (χ0) is 8.27. The first kappa shape index (κ1) is 8.04. The zero-order valence-corrected chi connectivity index (χ0v) is 6.52. The van der Waals surface area contributed by atoms with E-state index in [9.17, 15) is 9.59 Å². The number of rotatable bonds is 1. The van der Waals surface area contributed by atoms with Crippen LogP contribution in [0.25, 0.3) is 0 Å². The van der Waals surface area contributed by atoms with Crippen molar-refractivity contribution in [1.82, 2.24) is 10.6 Å². The molecule has 0 saturated carbocycles. The summed E-state index contributed by atoms with van der Waals surface area (Å²) in [6.07, 6.45) is 1.70. The van der Waals surface area contributed by atoms with Gasteiger partial charge in [-0.2, -0.15) is 0 Å². The first-order valence-electron chi connectivity index (χ1n) is 3.75. The average Bonchev–Trinajstić information content (AvgIpc) is 1.93. The van der Waals surface area contributed by atoms with E-state index in [2.05, 4.69) is 10.6 Å². The Kier molecular flexibility index (Phi) is 2.46. The molecule has 0 bridgehead atoms. The summed E-state index contributed by atoms with van der Waals surface area (Å²) in [7, 11) is 0. The molecule has 1 rings (SSSR count). The molecule has 1 heterocycles. The van der Waals surface area contributed by atoms with Crippen LogP contribution in [0.3, 0.4) is 0 Å². The summed E-state index contributed by atoms with van der Waals surface area (Å²) in [5.41, 5.74) is 0. The van der Waals surface area contributed by atoms with E-state index < -0.39 is 0 Å². The minimum atomic E-state index is -0.304. The molecular formula is C7H12N2O2. The Labute approximate surface area is 65.3 Å². The molecule has 1 unspecified atom stereocenters. The van der Waals surface area contributed by atoms with Gasteiger partial charge in [-0.1, -0.05) is 0 Å². The van der Waals surface area contributed by atoms with Crippen molar-refractivity contribution in [3.8, 4) is 0 Å². The first-order chi connectivity index (χ1) is 5.20. The van der Waals surface area contributed by atoms with Crippen LogP contribution in [-0.4, -0.2) is 24.4 Å². The average molecular weight is 156 g/mol. The number of hydrogen-bond acceptors (Lipinski definition) is 2. The Bertz CT molecular complexity index is 179. The molecule has 4 heteroatoms. The predicted molar refractivity (Wildman–Crippen MR) is 39.8 cm³/mol. The third kappa shape index (κ3) is 2.22. The van der Waals surface area contributed by atoms with Gasteiger partial charge in [0.25, 0.3) is 0 Å². The fourth-order valence-electron chi connectivity index (χ4n) is 1.16. The number of hydrogen-bond donors (Lipinski definition) is 2. The van der Waals surface area contributed by atoms with Crippen LogP contribution < -0.4 is 10.6 Å². The molecule has 0 aromatic heterocycles. The Morgan fingerprint density at radius 2 is 2.45 bits per heavy atom. The summed E-state index contributed by atoms with van der Waals surface area (Å²) >= 11 is 0. The molecule has 1 aliphatic rings. The van der Waals surface area contributed by atoms with Gasteiger partial charge in [0.15, 0.2) is 0 Å². The molecule has 0 radical (unpaired) electrons. The van der Waals surface area contributed by atoms with Crippen LogP contribution in [0.4, 0.5) is 0 Å². The standard InChI is InChI=1S/C7H12N2O2/c1-5(10)9-6-3-2-4-8-7(6)11/h6H,2-4H2,1H3,(H,8,11)(H,9,10). The van der Waals surface area contributed by atoms with Gasteiger partial charge in [-0.15, -0.1) is 0 Å². The number of amides is 2. The Balaban J connectivity index is 2.42. The maximum absolute atomic E-state index is 11.0. The second-order valence-corrected chi connectivity index (χ2v) is 2.69. The lowest BCUT2D eigenvalue weighted by Crippen LogP contribution is -2.49. The molecule has 0 aliphatic carbocycles. The maximum Gasteiger partial charge on any atom is 0.242 e. The van der Waals surface area contributed by atoms with Gasteiger partial charge >= 0.3 is 0 Å². The van der Waals surface area contributed by atoms with Gasteiger partial charge in [-0.3, -0.25) is 9.59 Å². The molecule has 62 valence electrons. The highest BCUT2D eigenvalue weighted by molar-refractivity contribution is 5.87. The first-order valence-corrected chi connectivity index (χ1v) is 3.75. The normalized spacial score (nSPS) is 24.1. The van der Waals surface area contributed by atoms with Crippen molar-refractivity contribution in [1.29, 1.82) is 0 Å². The summed E-state index contributed by atoms with van der Waals surface area (Å²) in [5, 5.41) is 5.26. The summed E-state index contributed by atoms with van der Waals surface area (Å²) in [4.78, 5) is 21.6. The SMILES string of the molecule is CC(=O)NC1CCCNC1=O. The van der Waals surface area contributed by atoms with Gasteiger partial charge in [-0.25, -0.2) is 0 Å². The number of carbonyl (C=O) groups excluding carboxylic acids is 2. The lowest BCUT2D eigenvalue weighted by Gasteiger charge is -2.21. The Hall–Kier alpha value is -1.06. The van der Waals surface area contributed by atoms with Crippen LogP contribution in [-0.2, 0) is 9.59 Å². The van der Waals surface area contributed by atoms with Crippen LogP contribution in [0.5, 0.6) is 0 Å². The number of nitrogens with one attached hydrogen (secondary N) is 2. The summed E-state index contributed by atoms with van der Waals surface area (Å²) in [6, 6.07) is -0.304. The molecule has 1 saturated heterocycles. The van der Waals surface area contributed by atoms with Gasteiger partial charge < -0.3 is 10.6 Å². The maximum atomic E-state index is 11.0. The van der Waals surface area contributed by atoms with Crippen molar-refractivity contribution in [3.05, 3.63) is 0 Å². The molecule has 0 aromatic carbocycles. The van der Waals surface area contributed by atoms with Gasteiger partial charge in [0, 0.05) is 13.5 Å². The van der Waals surface area contributed by atoms with E-state index in [-0.39, 0.29) is 17.9 Å². The predicted octanol–water partition coefficient (Wildman–Crippen LogP) is -0.599. The second-order valence-electron chi connectivity index (χ2n) is 2.69. The van der Waals surface area contributed by atoms with Crippen LogP contribution in [0.1, 0.15) is 19.8 Å². The largest absolute Gasteiger partial charge is 0.354 e. The summed E-state index contributed by atoms with van der Waals surface area (Å²) in [6.45, 7) is 2.15. The van der Waals surface area contributed by atoms with Gasteiger partial charge in [0.05, 0.1) is 0 Å². The molecule has 2 N–H and O–H groups in total. The van der Waals surface area contributed by atoms with E-state index in [1.807, 2.05) is 0 Å². The zero-order valence-electron chi connectivity index (χ0n) is 6.52. The highest BCUT2D eigenvalue weighted by Crippen LogP contribution is 2.01. The molecule has 0 aromatic rings. The van der Waals surface area contributed by atoms with E-state index in [0.717, 1.165) is 19.4 Å². The molecule has 11 heavy (non-hydrogen) atoms. The van der Waals surface area contributed by atoms with Crippen molar-refractivity contribution in [2.45, 2.75) is 25.8 Å². The van der Waals surface area contributed by atoms with Crippen LogP contribution in [0.2, 0.25) is 0 Å². The van der Waals surface area contributed by atoms with E-state index in [4.69, 9.17) is 0 Å². The van der Waals surface area contributed by atoms with Gasteiger partial charge in [-0.05, 0) is 12.8 Å². The highest BCUT2D eigenvalue weighted by Gasteiger charge is 2.21. The smallest absolute Gasteiger partial charge is 0.242 e. The monoisotopic (exact) mass is 156 g/mol. The summed E-state index contributed by atoms with van der Waals surface area (Å²) < 4.78 is 0. The molecule has 1 aliphatic heterocycles. The molecule has 0 spiro atoms. The highest BCUT2D eigenvalue weighted by atomic mass is 16.2. The fourth-order valence-corrected chi connectivity index (χ4v) is 1.16. The van der Waals surface area contributed by atoms with E-state index in [0.29, 0.717) is 0 Å². The van der Waals surface area contributed by atoms with Crippen molar-refractivity contribution in [2.24, 2.45) is 0 Å². The molecular weight excluding hydrogens is 144 g/mol. The molecule has 1 atom stereocenters. The Morgan fingerprint density at radius 3 is 3.00 bits per heavy atom. The third-order valence-electron chi connectivity index (χ3n) is 1.66. The Morgan fingerprint density at radius 1 is 1.73 bits per heavy atom. The molecule has 2 amide bonds. The number of carbonyl (C=O) groups is 2. The van der Waals surface area contributed by atoms with Crippen molar-refractivity contribution < 1.29 is 9.59 Å². The lowest BCUT2D eigenvalue weighted by atomic mass is 10.1. The second kappa shape index (κ2) is 3.37. The third-order valence-corrected chi connectivity index (χ3v) is 1.66. The minimum Gasteiger partial charge on any atom is -0.354 e. The fraction of sp³-hybridized carbons (Fsp3) is 0.714. The van der Waals surface area contributed by atoms with Crippen molar-refractivity contribution >= 4 is 11.8 Å². The van der Waals surface area contributed by atoms with Crippen LogP contribution in [0.15, 0.2) is 0 Å². The topological polar surface area (TPSA) is 58.2 Å². The van der Waals surface area contributed by atoms with Crippen LogP contribution >= 0.6 is 0 Å². The molecule has 1 fully saturated rings. The van der Waals surface area contributed by atoms with E-state index in [1.54, 1.807) is 0 Å². The van der Waals surface area contributed by atoms with E-state index >= 15 is 0 Å². The summed E-state index contributed by atoms with van der Waals surface area (Å²) in [5.74, 6) is -0.210. The molecule has 4 nitrogen and oxygen atoms in total. The van der Waals surface area contributed by atoms with Crippen molar-refractivity contribution in [3.63, 3.8) is 0 Å². The van der Waals surface area contributed by atoms with Gasteiger partial charge in [0.1, 0.15) is 6.04 Å². The minimum absolute atomic E-state index is 0.0635.